The lowest BCUT2D eigenvalue weighted by molar-refractivity contribution is 0.0472. The second-order valence-electron chi connectivity index (χ2n) is 5.73. The Hall–Kier alpha value is -4.16. The molecule has 0 amide bonds. The van der Waals surface area contributed by atoms with Crippen molar-refractivity contribution in [1.82, 2.24) is 0 Å². The summed E-state index contributed by atoms with van der Waals surface area (Å²) in [5.41, 5.74) is 1.24. The molecular formula is C22H13FN2O3. The maximum Gasteiger partial charge on any atom is 0.338 e. The normalized spacial score (nSPS) is 9.82. The number of rotatable bonds is 5. The Kier molecular flexibility index (Phi) is 5.64. The SMILES string of the molecule is N#Cc1cccc(Oc2cccc(C(=O)OCc3ccc(F)cc3)c2)c1C#N. The molecule has 0 saturated carbocycles. The predicted molar refractivity (Wildman–Crippen MR) is 97.9 cm³/mol. The summed E-state index contributed by atoms with van der Waals surface area (Å²) in [4.78, 5) is 12.3. The van der Waals surface area contributed by atoms with Crippen molar-refractivity contribution >= 4 is 5.97 Å². The van der Waals surface area contributed by atoms with Crippen molar-refractivity contribution < 1.29 is 18.7 Å². The fraction of sp³-hybridized carbons (Fsp3) is 0.0455. The van der Waals surface area contributed by atoms with Gasteiger partial charge in [-0.25, -0.2) is 9.18 Å². The molecule has 3 rings (SSSR count). The molecule has 0 aliphatic heterocycles. The quantitative estimate of drug-likeness (QED) is 0.605. The molecule has 0 bridgehead atoms. The van der Waals surface area contributed by atoms with Gasteiger partial charge in [0, 0.05) is 0 Å². The van der Waals surface area contributed by atoms with E-state index in [1.807, 2.05) is 12.1 Å². The number of carbonyl (C=O) groups is 1. The molecule has 0 heterocycles. The smallest absolute Gasteiger partial charge is 0.338 e. The van der Waals surface area contributed by atoms with Crippen molar-refractivity contribution in [2.45, 2.75) is 6.61 Å². The second kappa shape index (κ2) is 8.48. The fourth-order valence-electron chi connectivity index (χ4n) is 2.45. The van der Waals surface area contributed by atoms with Crippen molar-refractivity contribution in [2.75, 3.05) is 0 Å². The third kappa shape index (κ3) is 4.32. The van der Waals surface area contributed by atoms with Crippen LogP contribution in [0.15, 0.2) is 66.7 Å². The minimum absolute atomic E-state index is 0.00694. The van der Waals surface area contributed by atoms with Gasteiger partial charge < -0.3 is 9.47 Å². The van der Waals surface area contributed by atoms with Crippen LogP contribution in [0.3, 0.4) is 0 Å². The van der Waals surface area contributed by atoms with E-state index >= 15 is 0 Å². The minimum atomic E-state index is -0.568. The van der Waals surface area contributed by atoms with E-state index in [4.69, 9.17) is 14.7 Å². The van der Waals surface area contributed by atoms with E-state index in [1.165, 1.54) is 36.4 Å². The molecule has 0 aliphatic carbocycles. The van der Waals surface area contributed by atoms with Crippen LogP contribution in [0, 0.1) is 28.5 Å². The summed E-state index contributed by atoms with van der Waals surface area (Å²) in [5, 5.41) is 18.4. The molecule has 136 valence electrons. The molecule has 3 aromatic rings. The molecular weight excluding hydrogens is 359 g/mol. The number of nitriles is 2. The number of halogens is 1. The monoisotopic (exact) mass is 372 g/mol. The zero-order chi connectivity index (χ0) is 19.9. The van der Waals surface area contributed by atoms with Crippen LogP contribution < -0.4 is 4.74 Å². The van der Waals surface area contributed by atoms with E-state index < -0.39 is 5.97 Å². The Labute approximate surface area is 160 Å². The van der Waals surface area contributed by atoms with Crippen molar-refractivity contribution in [3.63, 3.8) is 0 Å². The first-order valence-corrected chi connectivity index (χ1v) is 8.23. The lowest BCUT2D eigenvalue weighted by atomic mass is 10.1. The molecule has 0 N–H and O–H groups in total. The molecule has 0 aromatic heterocycles. The van der Waals surface area contributed by atoms with Gasteiger partial charge in [0.15, 0.2) is 0 Å². The van der Waals surface area contributed by atoms with Crippen LogP contribution in [0.5, 0.6) is 11.5 Å². The van der Waals surface area contributed by atoms with Crippen LogP contribution in [0.25, 0.3) is 0 Å². The lowest BCUT2D eigenvalue weighted by Crippen LogP contribution is -2.05. The third-order valence-electron chi connectivity index (χ3n) is 3.84. The van der Waals surface area contributed by atoms with E-state index in [0.29, 0.717) is 11.3 Å². The molecule has 0 saturated heterocycles. The largest absolute Gasteiger partial charge is 0.457 e. The van der Waals surface area contributed by atoms with E-state index in [2.05, 4.69) is 0 Å². The Morgan fingerprint density at radius 1 is 0.964 bits per heavy atom. The van der Waals surface area contributed by atoms with Gasteiger partial charge in [-0.3, -0.25) is 0 Å². The molecule has 0 radical (unpaired) electrons. The number of hydrogen-bond donors (Lipinski definition) is 0. The summed E-state index contributed by atoms with van der Waals surface area (Å²) in [5.74, 6) is -0.389. The molecule has 0 aliphatic rings. The maximum atomic E-state index is 12.9. The third-order valence-corrected chi connectivity index (χ3v) is 3.84. The first-order chi connectivity index (χ1) is 13.6. The predicted octanol–water partition coefficient (Wildman–Crippen LogP) is 4.72. The van der Waals surface area contributed by atoms with Crippen molar-refractivity contribution in [3.05, 3.63) is 94.8 Å². The van der Waals surface area contributed by atoms with E-state index in [0.717, 1.165) is 0 Å². The van der Waals surface area contributed by atoms with Crippen molar-refractivity contribution in [2.24, 2.45) is 0 Å². The van der Waals surface area contributed by atoms with Crippen molar-refractivity contribution in [1.29, 1.82) is 10.5 Å². The average molecular weight is 372 g/mol. The molecule has 0 spiro atoms. The number of carbonyl (C=O) groups excluding carboxylic acids is 1. The Bertz CT molecular complexity index is 1100. The van der Waals surface area contributed by atoms with E-state index in [1.54, 1.807) is 30.3 Å². The molecule has 3 aromatic carbocycles. The van der Waals surface area contributed by atoms with Gasteiger partial charge in [-0.2, -0.15) is 10.5 Å². The van der Waals surface area contributed by atoms with Crippen LogP contribution in [0.2, 0.25) is 0 Å². The molecule has 0 atom stereocenters. The van der Waals surface area contributed by atoms with Gasteiger partial charge in [0.1, 0.15) is 41.6 Å². The zero-order valence-corrected chi connectivity index (χ0v) is 14.6. The summed E-state index contributed by atoms with van der Waals surface area (Å²) in [6, 6.07) is 20.5. The minimum Gasteiger partial charge on any atom is -0.457 e. The Morgan fingerprint density at radius 3 is 2.43 bits per heavy atom. The first kappa shape index (κ1) is 18.6. The number of hydrogen-bond acceptors (Lipinski definition) is 5. The maximum absolute atomic E-state index is 12.9. The zero-order valence-electron chi connectivity index (χ0n) is 14.6. The molecule has 28 heavy (non-hydrogen) atoms. The molecule has 0 fully saturated rings. The second-order valence-corrected chi connectivity index (χ2v) is 5.73. The van der Waals surface area contributed by atoms with Gasteiger partial charge in [0.2, 0.25) is 0 Å². The highest BCUT2D eigenvalue weighted by atomic mass is 19.1. The van der Waals surface area contributed by atoms with Gasteiger partial charge in [-0.05, 0) is 48.0 Å². The molecule has 5 nitrogen and oxygen atoms in total. The molecule has 6 heteroatoms. The summed E-state index contributed by atoms with van der Waals surface area (Å²) in [6.45, 7) is 0.00694. The highest BCUT2D eigenvalue weighted by Crippen LogP contribution is 2.27. The number of ether oxygens (including phenoxy) is 2. The van der Waals surface area contributed by atoms with Crippen LogP contribution in [-0.4, -0.2) is 5.97 Å². The first-order valence-electron chi connectivity index (χ1n) is 8.23. The van der Waals surface area contributed by atoms with Gasteiger partial charge >= 0.3 is 5.97 Å². The van der Waals surface area contributed by atoms with Crippen LogP contribution in [0.4, 0.5) is 4.39 Å². The van der Waals surface area contributed by atoms with Gasteiger partial charge in [0.05, 0.1) is 11.1 Å². The number of benzene rings is 3. The number of nitrogens with zero attached hydrogens (tertiary/aromatic N) is 2. The topological polar surface area (TPSA) is 83.1 Å². The van der Waals surface area contributed by atoms with Gasteiger partial charge in [-0.1, -0.05) is 24.3 Å². The lowest BCUT2D eigenvalue weighted by Gasteiger charge is -2.10. The van der Waals surface area contributed by atoms with Crippen molar-refractivity contribution in [3.8, 4) is 23.6 Å². The van der Waals surface area contributed by atoms with Crippen LogP contribution in [-0.2, 0) is 11.3 Å². The summed E-state index contributed by atoms with van der Waals surface area (Å²) < 4.78 is 23.8. The van der Waals surface area contributed by atoms with E-state index in [9.17, 15) is 14.4 Å². The average Bonchev–Trinajstić information content (AvgIpc) is 2.73. The standard InChI is InChI=1S/C22H13FN2O3/c23-18-9-7-15(8-10-18)14-27-22(26)16-3-1-5-19(11-16)28-21-6-2-4-17(12-24)20(21)13-25/h1-11H,14H2. The summed E-state index contributed by atoms with van der Waals surface area (Å²) >= 11 is 0. The van der Waals surface area contributed by atoms with Crippen LogP contribution in [0.1, 0.15) is 27.0 Å². The van der Waals surface area contributed by atoms with Gasteiger partial charge in [-0.15, -0.1) is 0 Å². The number of esters is 1. The van der Waals surface area contributed by atoms with E-state index in [-0.39, 0.29) is 34.9 Å². The summed E-state index contributed by atoms with van der Waals surface area (Å²) in [6.07, 6.45) is 0. The summed E-state index contributed by atoms with van der Waals surface area (Å²) in [7, 11) is 0. The highest BCUT2D eigenvalue weighted by Gasteiger charge is 2.12. The van der Waals surface area contributed by atoms with Crippen LogP contribution >= 0.6 is 0 Å². The fourth-order valence-corrected chi connectivity index (χ4v) is 2.45. The Balaban J connectivity index is 1.74. The molecule has 0 unspecified atom stereocenters. The highest BCUT2D eigenvalue weighted by molar-refractivity contribution is 5.89. The Morgan fingerprint density at radius 2 is 1.71 bits per heavy atom. The van der Waals surface area contributed by atoms with Gasteiger partial charge in [0.25, 0.3) is 0 Å².